The highest BCUT2D eigenvalue weighted by Gasteiger charge is 2.22. The summed E-state index contributed by atoms with van der Waals surface area (Å²) in [5.41, 5.74) is 5.01. The quantitative estimate of drug-likeness (QED) is 0.556. The maximum atomic E-state index is 12.6. The van der Waals surface area contributed by atoms with Gasteiger partial charge in [-0.2, -0.15) is 0 Å². The monoisotopic (exact) mass is 393 g/mol. The standard InChI is InChI=1S/C23H23NO3S/c1-4-15-6-10-17(11-7-15)19-14-28-22(20(19)23(26)27-3)24-21(25)18-12-8-16(5-2)9-13-18/h6-14H,4-5H2,1-3H3,(H,24,25). The molecule has 0 saturated carbocycles. The second-order valence-electron chi connectivity index (χ2n) is 6.40. The topological polar surface area (TPSA) is 55.4 Å². The van der Waals surface area contributed by atoms with Crippen LogP contribution in [0.25, 0.3) is 11.1 Å². The molecule has 4 nitrogen and oxygen atoms in total. The molecule has 0 radical (unpaired) electrons. The van der Waals surface area contributed by atoms with E-state index < -0.39 is 5.97 Å². The molecule has 0 aliphatic rings. The number of ether oxygens (including phenoxy) is 1. The zero-order valence-corrected chi connectivity index (χ0v) is 17.1. The Balaban J connectivity index is 1.93. The van der Waals surface area contributed by atoms with Crippen molar-refractivity contribution in [3.05, 3.63) is 76.2 Å². The largest absolute Gasteiger partial charge is 0.465 e. The highest BCUT2D eigenvalue weighted by molar-refractivity contribution is 7.15. The molecular weight excluding hydrogens is 370 g/mol. The van der Waals surface area contributed by atoms with Gasteiger partial charge in [0.05, 0.1) is 7.11 Å². The number of thiophene rings is 1. The van der Waals surface area contributed by atoms with Crippen LogP contribution < -0.4 is 5.32 Å². The molecule has 0 aliphatic carbocycles. The van der Waals surface area contributed by atoms with Crippen molar-refractivity contribution in [3.63, 3.8) is 0 Å². The molecular formula is C23H23NO3S. The van der Waals surface area contributed by atoms with Gasteiger partial charge in [0.25, 0.3) is 5.91 Å². The van der Waals surface area contributed by atoms with E-state index in [0.717, 1.165) is 24.0 Å². The summed E-state index contributed by atoms with van der Waals surface area (Å²) in [6.45, 7) is 4.16. The molecule has 5 heteroatoms. The van der Waals surface area contributed by atoms with Crippen LogP contribution in [0.4, 0.5) is 5.00 Å². The van der Waals surface area contributed by atoms with Gasteiger partial charge in [0.2, 0.25) is 0 Å². The first-order valence-corrected chi connectivity index (χ1v) is 10.1. The van der Waals surface area contributed by atoms with Crippen LogP contribution in [-0.2, 0) is 17.6 Å². The number of esters is 1. The fourth-order valence-electron chi connectivity index (χ4n) is 2.95. The Morgan fingerprint density at radius 3 is 2.04 bits per heavy atom. The van der Waals surface area contributed by atoms with E-state index in [1.807, 2.05) is 41.8 Å². The molecule has 2 aromatic carbocycles. The smallest absolute Gasteiger partial charge is 0.341 e. The maximum Gasteiger partial charge on any atom is 0.341 e. The Morgan fingerprint density at radius 1 is 0.929 bits per heavy atom. The Bertz CT molecular complexity index is 972. The lowest BCUT2D eigenvalue weighted by atomic mass is 10.0. The van der Waals surface area contributed by atoms with Crippen molar-refractivity contribution in [1.82, 2.24) is 0 Å². The van der Waals surface area contributed by atoms with E-state index in [0.29, 0.717) is 16.1 Å². The van der Waals surface area contributed by atoms with Gasteiger partial charge in [0, 0.05) is 16.5 Å². The number of amides is 1. The normalized spacial score (nSPS) is 10.5. The highest BCUT2D eigenvalue weighted by Crippen LogP contribution is 2.36. The minimum absolute atomic E-state index is 0.248. The van der Waals surface area contributed by atoms with E-state index in [4.69, 9.17) is 4.74 Å². The molecule has 1 amide bonds. The number of aryl methyl sites for hydroxylation is 2. The Labute approximate surface area is 169 Å². The number of benzene rings is 2. The third-order valence-corrected chi connectivity index (χ3v) is 5.60. The Kier molecular flexibility index (Phi) is 6.26. The van der Waals surface area contributed by atoms with E-state index in [1.165, 1.54) is 29.6 Å². The maximum absolute atomic E-state index is 12.6. The van der Waals surface area contributed by atoms with Crippen LogP contribution in [0.1, 0.15) is 45.7 Å². The number of carbonyl (C=O) groups is 2. The van der Waals surface area contributed by atoms with Crippen molar-refractivity contribution >= 4 is 28.2 Å². The minimum atomic E-state index is -0.465. The van der Waals surface area contributed by atoms with E-state index in [9.17, 15) is 9.59 Å². The Morgan fingerprint density at radius 2 is 1.50 bits per heavy atom. The number of hydrogen-bond donors (Lipinski definition) is 1. The van der Waals surface area contributed by atoms with Gasteiger partial charge in [-0.15, -0.1) is 11.3 Å². The molecule has 0 saturated heterocycles. The van der Waals surface area contributed by atoms with Crippen LogP contribution in [-0.4, -0.2) is 19.0 Å². The van der Waals surface area contributed by atoms with Crippen molar-refractivity contribution in [2.75, 3.05) is 12.4 Å². The van der Waals surface area contributed by atoms with Crippen molar-refractivity contribution in [3.8, 4) is 11.1 Å². The second-order valence-corrected chi connectivity index (χ2v) is 7.28. The number of nitrogens with one attached hydrogen (secondary N) is 1. The van der Waals surface area contributed by atoms with Crippen molar-refractivity contribution in [2.24, 2.45) is 0 Å². The molecule has 0 bridgehead atoms. The number of carbonyl (C=O) groups excluding carboxylic acids is 2. The Hall–Kier alpha value is -2.92. The van der Waals surface area contributed by atoms with Crippen molar-refractivity contribution in [2.45, 2.75) is 26.7 Å². The summed E-state index contributed by atoms with van der Waals surface area (Å²) < 4.78 is 4.98. The van der Waals surface area contributed by atoms with Gasteiger partial charge < -0.3 is 10.1 Å². The third-order valence-electron chi connectivity index (χ3n) is 4.71. The van der Waals surface area contributed by atoms with Crippen LogP contribution in [0.5, 0.6) is 0 Å². The van der Waals surface area contributed by atoms with E-state index >= 15 is 0 Å². The summed E-state index contributed by atoms with van der Waals surface area (Å²) in [4.78, 5) is 25.1. The van der Waals surface area contributed by atoms with Crippen LogP contribution in [0, 0.1) is 0 Å². The zero-order valence-electron chi connectivity index (χ0n) is 16.2. The predicted molar refractivity (Wildman–Crippen MR) is 114 cm³/mol. The van der Waals surface area contributed by atoms with Crippen LogP contribution in [0.15, 0.2) is 53.9 Å². The zero-order chi connectivity index (χ0) is 20.1. The first-order valence-electron chi connectivity index (χ1n) is 9.26. The molecule has 0 aliphatic heterocycles. The van der Waals surface area contributed by atoms with Gasteiger partial charge in [0.15, 0.2) is 0 Å². The lowest BCUT2D eigenvalue weighted by molar-refractivity contribution is 0.0603. The number of rotatable bonds is 6. The summed E-state index contributed by atoms with van der Waals surface area (Å²) in [5, 5.41) is 5.24. The lowest BCUT2D eigenvalue weighted by Gasteiger charge is -2.09. The molecule has 0 spiro atoms. The highest BCUT2D eigenvalue weighted by atomic mass is 32.1. The number of methoxy groups -OCH3 is 1. The van der Waals surface area contributed by atoms with Crippen molar-refractivity contribution in [1.29, 1.82) is 0 Å². The fourth-order valence-corrected chi connectivity index (χ4v) is 3.91. The summed E-state index contributed by atoms with van der Waals surface area (Å²) in [6, 6.07) is 15.5. The predicted octanol–water partition coefficient (Wildman–Crippen LogP) is 5.58. The van der Waals surface area contributed by atoms with E-state index in [-0.39, 0.29) is 5.91 Å². The molecule has 28 heavy (non-hydrogen) atoms. The number of anilines is 1. The SMILES string of the molecule is CCc1ccc(C(=O)Nc2scc(-c3ccc(CC)cc3)c2C(=O)OC)cc1. The summed E-state index contributed by atoms with van der Waals surface area (Å²) in [7, 11) is 1.35. The molecule has 0 atom stereocenters. The first-order chi connectivity index (χ1) is 13.6. The average Bonchev–Trinajstić information content (AvgIpc) is 3.16. The van der Waals surface area contributed by atoms with Gasteiger partial charge in [-0.1, -0.05) is 50.2 Å². The van der Waals surface area contributed by atoms with Crippen LogP contribution in [0.2, 0.25) is 0 Å². The van der Waals surface area contributed by atoms with Gasteiger partial charge >= 0.3 is 5.97 Å². The van der Waals surface area contributed by atoms with E-state index in [2.05, 4.69) is 19.2 Å². The first kappa shape index (κ1) is 19.8. The number of hydrogen-bond acceptors (Lipinski definition) is 4. The average molecular weight is 394 g/mol. The second kappa shape index (κ2) is 8.85. The molecule has 1 aromatic heterocycles. The summed E-state index contributed by atoms with van der Waals surface area (Å²) >= 11 is 1.32. The fraction of sp³-hybridized carbons (Fsp3) is 0.217. The van der Waals surface area contributed by atoms with Gasteiger partial charge in [-0.05, 0) is 41.7 Å². The summed E-state index contributed by atoms with van der Waals surface area (Å²) in [5.74, 6) is -0.713. The molecule has 0 fully saturated rings. The van der Waals surface area contributed by atoms with Crippen molar-refractivity contribution < 1.29 is 14.3 Å². The van der Waals surface area contributed by atoms with Gasteiger partial charge in [-0.25, -0.2) is 4.79 Å². The summed E-state index contributed by atoms with van der Waals surface area (Å²) in [6.07, 6.45) is 1.87. The van der Waals surface area contributed by atoms with Crippen LogP contribution in [0.3, 0.4) is 0 Å². The molecule has 3 rings (SSSR count). The molecule has 1 N–H and O–H groups in total. The molecule has 1 heterocycles. The van der Waals surface area contributed by atoms with Gasteiger partial charge in [0.1, 0.15) is 10.6 Å². The minimum Gasteiger partial charge on any atom is -0.465 e. The lowest BCUT2D eigenvalue weighted by Crippen LogP contribution is -2.14. The molecule has 0 unspecified atom stereocenters. The molecule has 3 aromatic rings. The van der Waals surface area contributed by atoms with Crippen LogP contribution >= 0.6 is 11.3 Å². The van der Waals surface area contributed by atoms with E-state index in [1.54, 1.807) is 12.1 Å². The third kappa shape index (κ3) is 4.15. The van der Waals surface area contributed by atoms with Gasteiger partial charge in [-0.3, -0.25) is 4.79 Å². The molecule has 144 valence electrons.